The molecule has 0 saturated heterocycles. The van der Waals surface area contributed by atoms with E-state index in [-0.39, 0.29) is 16.5 Å². The number of aromatic nitrogens is 1. The molecule has 0 saturated carbocycles. The molecule has 0 bridgehead atoms. The molecular formula is C11H10ClN3O3. The van der Waals surface area contributed by atoms with Gasteiger partial charge in [-0.05, 0) is 12.5 Å². The van der Waals surface area contributed by atoms with E-state index in [2.05, 4.69) is 5.16 Å². The quantitative estimate of drug-likeness (QED) is 0.681. The van der Waals surface area contributed by atoms with Crippen LogP contribution in [-0.2, 0) is 6.42 Å². The maximum absolute atomic E-state index is 10.8. The Hall–Kier alpha value is -2.08. The molecular weight excluding hydrogens is 258 g/mol. The first-order valence-corrected chi connectivity index (χ1v) is 5.60. The molecule has 0 aliphatic rings. The highest BCUT2D eigenvalue weighted by molar-refractivity contribution is 6.31. The summed E-state index contributed by atoms with van der Waals surface area (Å²) in [5.74, 6) is 0.704. The zero-order valence-electron chi connectivity index (χ0n) is 9.51. The molecule has 7 heteroatoms. The monoisotopic (exact) mass is 267 g/mol. The first kappa shape index (κ1) is 12.4. The third kappa shape index (κ3) is 2.14. The molecule has 6 nitrogen and oxygen atoms in total. The third-order valence-electron chi connectivity index (χ3n) is 2.53. The first-order valence-electron chi connectivity index (χ1n) is 5.22. The zero-order chi connectivity index (χ0) is 13.3. The maximum Gasteiger partial charge on any atom is 0.271 e. The summed E-state index contributed by atoms with van der Waals surface area (Å²) in [4.78, 5) is 10.3. The molecule has 2 aromatic rings. The molecule has 1 heterocycles. The Kier molecular flexibility index (Phi) is 3.20. The molecule has 0 fully saturated rings. The molecule has 0 aliphatic carbocycles. The molecule has 0 amide bonds. The number of hydrogen-bond acceptors (Lipinski definition) is 5. The minimum absolute atomic E-state index is 0.102. The Morgan fingerprint density at radius 3 is 2.83 bits per heavy atom. The van der Waals surface area contributed by atoms with E-state index in [9.17, 15) is 10.1 Å². The van der Waals surface area contributed by atoms with Crippen LogP contribution in [0.1, 0.15) is 12.5 Å². The van der Waals surface area contributed by atoms with Crippen molar-refractivity contribution in [1.29, 1.82) is 0 Å². The maximum atomic E-state index is 10.8. The van der Waals surface area contributed by atoms with Gasteiger partial charge in [-0.2, -0.15) is 0 Å². The zero-order valence-corrected chi connectivity index (χ0v) is 10.3. The highest BCUT2D eigenvalue weighted by Crippen LogP contribution is 2.32. The molecule has 0 atom stereocenters. The van der Waals surface area contributed by atoms with Crippen LogP contribution in [0.2, 0.25) is 5.02 Å². The number of benzene rings is 1. The van der Waals surface area contributed by atoms with E-state index in [0.717, 1.165) is 0 Å². The van der Waals surface area contributed by atoms with Gasteiger partial charge in [-0.15, -0.1) is 0 Å². The van der Waals surface area contributed by atoms with Crippen molar-refractivity contribution in [3.05, 3.63) is 38.9 Å². The summed E-state index contributed by atoms with van der Waals surface area (Å²) in [5.41, 5.74) is 6.76. The van der Waals surface area contributed by atoms with Crippen molar-refractivity contribution in [1.82, 2.24) is 5.16 Å². The molecule has 0 radical (unpaired) electrons. The van der Waals surface area contributed by atoms with Gasteiger partial charge in [0.25, 0.3) is 5.69 Å². The van der Waals surface area contributed by atoms with Crippen molar-refractivity contribution in [2.45, 2.75) is 13.3 Å². The number of nitro benzene ring substituents is 1. The smallest absolute Gasteiger partial charge is 0.271 e. The second-order valence-corrected chi connectivity index (χ2v) is 4.12. The fourth-order valence-electron chi connectivity index (χ4n) is 1.70. The second kappa shape index (κ2) is 4.66. The van der Waals surface area contributed by atoms with Gasteiger partial charge in [-0.25, -0.2) is 0 Å². The summed E-state index contributed by atoms with van der Waals surface area (Å²) in [5, 5.41) is 14.7. The van der Waals surface area contributed by atoms with Crippen molar-refractivity contribution < 1.29 is 9.45 Å². The van der Waals surface area contributed by atoms with Crippen LogP contribution >= 0.6 is 11.6 Å². The number of anilines is 1. The Bertz CT molecular complexity index is 610. The Morgan fingerprint density at radius 2 is 2.22 bits per heavy atom. The van der Waals surface area contributed by atoms with Crippen LogP contribution in [0.25, 0.3) is 11.3 Å². The van der Waals surface area contributed by atoms with Gasteiger partial charge < -0.3 is 10.3 Å². The lowest BCUT2D eigenvalue weighted by molar-refractivity contribution is -0.384. The number of nitrogens with zero attached hydrogens (tertiary/aromatic N) is 2. The number of non-ortho nitro benzene ring substituents is 1. The van der Waals surface area contributed by atoms with Crippen LogP contribution in [0.15, 0.2) is 22.7 Å². The van der Waals surface area contributed by atoms with Crippen molar-refractivity contribution in [2.75, 3.05) is 5.73 Å². The second-order valence-electron chi connectivity index (χ2n) is 3.68. The fourth-order valence-corrected chi connectivity index (χ4v) is 1.93. The van der Waals surface area contributed by atoms with Crippen molar-refractivity contribution in [2.24, 2.45) is 0 Å². The van der Waals surface area contributed by atoms with Gasteiger partial charge in [-0.1, -0.05) is 23.7 Å². The standard InChI is InChI=1S/C11H10ClN3O3/c1-2-9-10(18-14-11(9)13)6-3-7(12)5-8(4-6)15(16)17/h3-5H,2H2,1H3,(H2,13,14). The number of nitrogen functional groups attached to an aromatic ring is 1. The third-order valence-corrected chi connectivity index (χ3v) is 2.75. The summed E-state index contributed by atoms with van der Waals surface area (Å²) >= 11 is 5.85. The molecule has 18 heavy (non-hydrogen) atoms. The van der Waals surface area contributed by atoms with Gasteiger partial charge >= 0.3 is 0 Å². The van der Waals surface area contributed by atoms with Crippen molar-refractivity contribution >= 4 is 23.1 Å². The van der Waals surface area contributed by atoms with Gasteiger partial charge in [0.2, 0.25) is 0 Å². The SMILES string of the molecule is CCc1c(N)noc1-c1cc(Cl)cc([N+](=O)[O-])c1. The number of hydrogen-bond donors (Lipinski definition) is 1. The Balaban J connectivity index is 2.60. The fraction of sp³-hybridized carbons (Fsp3) is 0.182. The van der Waals surface area contributed by atoms with Crippen LogP contribution < -0.4 is 5.73 Å². The van der Waals surface area contributed by atoms with Gasteiger partial charge in [0.1, 0.15) is 0 Å². The van der Waals surface area contributed by atoms with Gasteiger partial charge in [0.15, 0.2) is 11.6 Å². The van der Waals surface area contributed by atoms with E-state index in [1.807, 2.05) is 6.92 Å². The molecule has 1 aromatic carbocycles. The minimum atomic E-state index is -0.513. The molecule has 94 valence electrons. The van der Waals surface area contributed by atoms with Crippen molar-refractivity contribution in [3.63, 3.8) is 0 Å². The van der Waals surface area contributed by atoms with Gasteiger partial charge in [-0.3, -0.25) is 10.1 Å². The largest absolute Gasteiger partial charge is 0.381 e. The Labute approximate surface area is 107 Å². The molecule has 0 unspecified atom stereocenters. The number of rotatable bonds is 3. The molecule has 2 rings (SSSR count). The number of nitrogens with two attached hydrogens (primary N) is 1. The van der Waals surface area contributed by atoms with E-state index >= 15 is 0 Å². The van der Waals surface area contributed by atoms with E-state index in [1.54, 1.807) is 6.07 Å². The lowest BCUT2D eigenvalue weighted by Gasteiger charge is -2.01. The average molecular weight is 268 g/mol. The predicted octanol–water partition coefficient (Wildman–Crippen LogP) is 3.05. The van der Waals surface area contributed by atoms with Crippen molar-refractivity contribution in [3.8, 4) is 11.3 Å². The topological polar surface area (TPSA) is 95.2 Å². The summed E-state index contributed by atoms with van der Waals surface area (Å²) in [7, 11) is 0. The van der Waals surface area contributed by atoms with Gasteiger partial charge in [0, 0.05) is 28.3 Å². The molecule has 0 spiro atoms. The number of nitro groups is 1. The summed E-state index contributed by atoms with van der Waals surface area (Å²) in [6.45, 7) is 1.89. The lowest BCUT2D eigenvalue weighted by atomic mass is 10.1. The molecule has 1 aromatic heterocycles. The van der Waals surface area contributed by atoms with E-state index < -0.39 is 4.92 Å². The van der Waals surface area contributed by atoms with Crippen LogP contribution in [0, 0.1) is 10.1 Å². The van der Waals surface area contributed by atoms with Gasteiger partial charge in [0.05, 0.1) is 4.92 Å². The molecule has 2 N–H and O–H groups in total. The van der Waals surface area contributed by atoms with Crippen LogP contribution in [0.3, 0.4) is 0 Å². The number of halogens is 1. The summed E-state index contributed by atoms with van der Waals surface area (Å²) in [6, 6.07) is 4.23. The summed E-state index contributed by atoms with van der Waals surface area (Å²) in [6.07, 6.45) is 0.616. The average Bonchev–Trinajstić information content (AvgIpc) is 2.69. The van der Waals surface area contributed by atoms with E-state index in [4.69, 9.17) is 21.9 Å². The predicted molar refractivity (Wildman–Crippen MR) is 67.4 cm³/mol. The van der Waals surface area contributed by atoms with E-state index in [0.29, 0.717) is 23.3 Å². The van der Waals surface area contributed by atoms with E-state index in [1.165, 1.54) is 12.1 Å². The Morgan fingerprint density at radius 1 is 1.50 bits per heavy atom. The molecule has 0 aliphatic heterocycles. The van der Waals surface area contributed by atoms with Crippen LogP contribution in [0.4, 0.5) is 11.5 Å². The normalized spacial score (nSPS) is 10.6. The van der Waals surface area contributed by atoms with Crippen LogP contribution in [-0.4, -0.2) is 10.1 Å². The summed E-state index contributed by atoms with van der Waals surface area (Å²) < 4.78 is 5.11. The minimum Gasteiger partial charge on any atom is -0.381 e. The highest BCUT2D eigenvalue weighted by atomic mass is 35.5. The lowest BCUT2D eigenvalue weighted by Crippen LogP contribution is -1.92. The first-order chi connectivity index (χ1) is 8.52. The highest BCUT2D eigenvalue weighted by Gasteiger charge is 2.17. The van der Waals surface area contributed by atoms with Crippen LogP contribution in [0.5, 0.6) is 0 Å².